The van der Waals surface area contributed by atoms with Crippen LogP contribution in [0.3, 0.4) is 0 Å². The van der Waals surface area contributed by atoms with Gasteiger partial charge in [0.25, 0.3) is 21.8 Å². The molecule has 45 heavy (non-hydrogen) atoms. The summed E-state index contributed by atoms with van der Waals surface area (Å²) >= 11 is 12.3. The van der Waals surface area contributed by atoms with Crippen LogP contribution in [0.1, 0.15) is 46.0 Å². The number of hydrogen-bond donors (Lipinski definition) is 1. The lowest BCUT2D eigenvalue weighted by atomic mass is 10.0. The molecule has 0 radical (unpaired) electrons. The largest absolute Gasteiger partial charge is 0.464 e. The van der Waals surface area contributed by atoms with Gasteiger partial charge in [0.05, 0.1) is 17.2 Å². The summed E-state index contributed by atoms with van der Waals surface area (Å²) in [4.78, 5) is 39.7. The molecule has 0 atom stereocenters. The zero-order valence-corrected chi connectivity index (χ0v) is 27.4. The first-order chi connectivity index (χ1) is 21.4. The molecular formula is C33H33Cl2N3O6S. The number of esters is 1. The van der Waals surface area contributed by atoms with Crippen molar-refractivity contribution in [3.63, 3.8) is 0 Å². The molecule has 9 nitrogen and oxygen atoms in total. The Morgan fingerprint density at radius 2 is 1.51 bits per heavy atom. The molecule has 236 valence electrons. The van der Waals surface area contributed by atoms with Crippen LogP contribution in [0.5, 0.6) is 0 Å². The number of amides is 2. The zero-order valence-electron chi connectivity index (χ0n) is 25.0. The molecular weight excluding hydrogens is 637 g/mol. The van der Waals surface area contributed by atoms with Gasteiger partial charge in [-0.1, -0.05) is 72.9 Å². The Labute approximate surface area is 272 Å². The summed E-state index contributed by atoms with van der Waals surface area (Å²) < 4.78 is 34.3. The van der Waals surface area contributed by atoms with Gasteiger partial charge in [0.1, 0.15) is 6.54 Å². The van der Waals surface area contributed by atoms with Gasteiger partial charge in [0.2, 0.25) is 0 Å². The van der Waals surface area contributed by atoms with Crippen molar-refractivity contribution in [3.05, 3.63) is 106 Å². The molecule has 1 N–H and O–H groups in total. The van der Waals surface area contributed by atoms with E-state index in [4.69, 9.17) is 27.9 Å². The van der Waals surface area contributed by atoms with Gasteiger partial charge in [-0.25, -0.2) is 8.42 Å². The minimum atomic E-state index is -4.37. The summed E-state index contributed by atoms with van der Waals surface area (Å²) in [5.41, 5.74) is 1.80. The average Bonchev–Trinajstić information content (AvgIpc) is 3.01. The number of rotatable bonds is 12. The summed E-state index contributed by atoms with van der Waals surface area (Å²) in [6, 6.07) is 20.7. The third kappa shape index (κ3) is 8.13. The van der Waals surface area contributed by atoms with Crippen LogP contribution in [-0.2, 0) is 26.1 Å². The summed E-state index contributed by atoms with van der Waals surface area (Å²) in [7, 11) is -1.03. The Morgan fingerprint density at radius 1 is 0.867 bits per heavy atom. The van der Waals surface area contributed by atoms with Crippen LogP contribution in [0.4, 0.5) is 5.69 Å². The molecule has 4 aromatic carbocycles. The molecule has 0 aromatic heterocycles. The lowest BCUT2D eigenvalue weighted by molar-refractivity contribution is -0.141. The van der Waals surface area contributed by atoms with Crippen molar-refractivity contribution < 1.29 is 27.5 Å². The Kier molecular flexibility index (Phi) is 11.1. The summed E-state index contributed by atoms with van der Waals surface area (Å²) in [6.07, 6.45) is 1.43. The first kappa shape index (κ1) is 33.8. The van der Waals surface area contributed by atoms with Crippen molar-refractivity contribution in [2.75, 3.05) is 31.6 Å². The standard InChI is InChI=1S/C33H33Cl2N3O6S/c1-4-5-16-44-31(39)21-38(45(42,43)26-18-24(34)17-25(35)19-26)30-11-7-8-27-28(30)9-6-10-29(27)32(40)36-20-22-12-14-23(15-13-22)33(41)37(2)3/h6-15,17-19H,4-5,16,20-21H2,1-3H3,(H,36,40). The Morgan fingerprint density at radius 3 is 2.16 bits per heavy atom. The van der Waals surface area contributed by atoms with Crippen molar-refractivity contribution in [2.24, 2.45) is 0 Å². The molecule has 4 rings (SSSR count). The molecule has 0 saturated heterocycles. The highest BCUT2D eigenvalue weighted by Gasteiger charge is 2.30. The molecule has 0 aliphatic rings. The number of ether oxygens (including phenoxy) is 1. The van der Waals surface area contributed by atoms with E-state index in [1.165, 1.54) is 23.1 Å². The zero-order chi connectivity index (χ0) is 32.7. The van der Waals surface area contributed by atoms with Crippen molar-refractivity contribution >= 4 is 67.5 Å². The van der Waals surface area contributed by atoms with Crippen LogP contribution in [0.25, 0.3) is 10.8 Å². The van der Waals surface area contributed by atoms with E-state index in [0.717, 1.165) is 16.3 Å². The second kappa shape index (κ2) is 14.8. The summed E-state index contributed by atoms with van der Waals surface area (Å²) in [6.45, 7) is 1.69. The number of benzene rings is 4. The normalized spacial score (nSPS) is 11.2. The van der Waals surface area contributed by atoms with E-state index in [2.05, 4.69) is 5.32 Å². The minimum absolute atomic E-state index is 0.113. The SMILES string of the molecule is CCCCOC(=O)CN(c1cccc2c(C(=O)NCc3ccc(C(=O)N(C)C)cc3)cccc12)S(=O)(=O)c1cc(Cl)cc(Cl)c1. The molecule has 0 unspecified atom stereocenters. The van der Waals surface area contributed by atoms with E-state index < -0.39 is 22.5 Å². The van der Waals surface area contributed by atoms with E-state index in [1.807, 2.05) is 6.92 Å². The van der Waals surface area contributed by atoms with Gasteiger partial charge in [-0.05, 0) is 59.8 Å². The van der Waals surface area contributed by atoms with Gasteiger partial charge in [-0.3, -0.25) is 18.7 Å². The first-order valence-electron chi connectivity index (χ1n) is 14.2. The minimum Gasteiger partial charge on any atom is -0.464 e. The summed E-state index contributed by atoms with van der Waals surface area (Å²) in [5.74, 6) is -1.24. The molecule has 0 fully saturated rings. The number of halogens is 2. The van der Waals surface area contributed by atoms with Gasteiger partial charge in [0, 0.05) is 47.2 Å². The lowest BCUT2D eigenvalue weighted by Crippen LogP contribution is -2.37. The smallest absolute Gasteiger partial charge is 0.326 e. The van der Waals surface area contributed by atoms with E-state index in [-0.39, 0.29) is 45.6 Å². The Hall–Kier alpha value is -4.12. The van der Waals surface area contributed by atoms with Crippen LogP contribution >= 0.6 is 23.2 Å². The number of fused-ring (bicyclic) bond motifs is 1. The van der Waals surface area contributed by atoms with E-state index in [1.54, 1.807) is 74.8 Å². The topological polar surface area (TPSA) is 113 Å². The number of unbranched alkanes of at least 4 members (excludes halogenated alkanes) is 1. The van der Waals surface area contributed by atoms with Gasteiger partial charge < -0.3 is 15.0 Å². The van der Waals surface area contributed by atoms with E-state index in [0.29, 0.717) is 28.3 Å². The molecule has 0 aliphatic carbocycles. The maximum Gasteiger partial charge on any atom is 0.326 e. The maximum atomic E-state index is 14.0. The number of hydrogen-bond acceptors (Lipinski definition) is 6. The van der Waals surface area contributed by atoms with Gasteiger partial charge in [-0.2, -0.15) is 0 Å². The average molecular weight is 671 g/mol. The fourth-order valence-corrected chi connectivity index (χ4v) is 6.76. The van der Waals surface area contributed by atoms with Crippen molar-refractivity contribution in [2.45, 2.75) is 31.2 Å². The first-order valence-corrected chi connectivity index (χ1v) is 16.4. The number of nitrogens with one attached hydrogen (secondary N) is 1. The molecule has 0 saturated carbocycles. The highest BCUT2D eigenvalue weighted by molar-refractivity contribution is 7.93. The van der Waals surface area contributed by atoms with Crippen molar-refractivity contribution in [1.82, 2.24) is 10.2 Å². The molecule has 0 heterocycles. The Balaban J connectivity index is 1.69. The quantitative estimate of drug-likeness (QED) is 0.140. The highest BCUT2D eigenvalue weighted by Crippen LogP contribution is 2.34. The number of nitrogens with zero attached hydrogens (tertiary/aromatic N) is 2. The van der Waals surface area contributed by atoms with Crippen molar-refractivity contribution in [3.8, 4) is 0 Å². The monoisotopic (exact) mass is 669 g/mol. The summed E-state index contributed by atoms with van der Waals surface area (Å²) in [5, 5.41) is 4.01. The fraction of sp³-hybridized carbons (Fsp3) is 0.242. The maximum absolute atomic E-state index is 14.0. The van der Waals surface area contributed by atoms with E-state index in [9.17, 15) is 22.8 Å². The van der Waals surface area contributed by atoms with E-state index >= 15 is 0 Å². The molecule has 4 aromatic rings. The number of carbonyl (C=O) groups is 3. The molecule has 0 aliphatic heterocycles. The van der Waals surface area contributed by atoms with Crippen LogP contribution in [-0.4, -0.2) is 58.3 Å². The third-order valence-corrected chi connectivity index (χ3v) is 9.10. The predicted octanol–water partition coefficient (Wildman–Crippen LogP) is 6.32. The van der Waals surface area contributed by atoms with Crippen LogP contribution < -0.4 is 9.62 Å². The van der Waals surface area contributed by atoms with Gasteiger partial charge in [0.15, 0.2) is 0 Å². The number of anilines is 1. The highest BCUT2D eigenvalue weighted by atomic mass is 35.5. The molecule has 0 bridgehead atoms. The Bertz CT molecular complexity index is 1810. The molecule has 0 spiro atoms. The van der Waals surface area contributed by atoms with Crippen LogP contribution in [0.15, 0.2) is 83.8 Å². The number of sulfonamides is 1. The number of carbonyl (C=O) groups excluding carboxylic acids is 3. The third-order valence-electron chi connectivity index (χ3n) is 6.93. The van der Waals surface area contributed by atoms with Crippen molar-refractivity contribution in [1.29, 1.82) is 0 Å². The molecule has 2 amide bonds. The predicted molar refractivity (Wildman–Crippen MR) is 176 cm³/mol. The van der Waals surface area contributed by atoms with Gasteiger partial charge >= 0.3 is 5.97 Å². The lowest BCUT2D eigenvalue weighted by Gasteiger charge is -2.25. The fourth-order valence-electron chi connectivity index (χ4n) is 4.61. The second-order valence-electron chi connectivity index (χ2n) is 10.4. The molecule has 12 heteroatoms. The van der Waals surface area contributed by atoms with Crippen LogP contribution in [0.2, 0.25) is 10.0 Å². The van der Waals surface area contributed by atoms with Gasteiger partial charge in [-0.15, -0.1) is 0 Å². The second-order valence-corrected chi connectivity index (χ2v) is 13.2. The van der Waals surface area contributed by atoms with Crippen LogP contribution in [0, 0.1) is 0 Å².